The fourth-order valence-corrected chi connectivity index (χ4v) is 2.15. The Morgan fingerprint density at radius 2 is 2.17 bits per heavy atom. The van der Waals surface area contributed by atoms with Crippen LogP contribution >= 0.6 is 24.0 Å². The van der Waals surface area contributed by atoms with E-state index < -0.39 is 0 Å². The van der Waals surface area contributed by atoms with Gasteiger partial charge in [-0.05, 0) is 44.4 Å². The van der Waals surface area contributed by atoms with Gasteiger partial charge in [-0.25, -0.2) is 0 Å². The Labute approximate surface area is 158 Å². The molecule has 0 amide bonds. The van der Waals surface area contributed by atoms with Crippen molar-refractivity contribution in [1.82, 2.24) is 10.2 Å². The number of halogens is 1. The summed E-state index contributed by atoms with van der Waals surface area (Å²) in [6.07, 6.45) is 4.24. The monoisotopic (exact) mass is 431 g/mol. The second kappa shape index (κ2) is 12.2. The number of nitrogens with zero attached hydrogens (tertiary/aromatic N) is 2. The summed E-state index contributed by atoms with van der Waals surface area (Å²) in [7, 11) is 3.86. The molecule has 130 valence electrons. The van der Waals surface area contributed by atoms with Crippen LogP contribution in [0.4, 0.5) is 0 Å². The van der Waals surface area contributed by atoms with E-state index in [4.69, 9.17) is 4.74 Å². The van der Waals surface area contributed by atoms with Crippen LogP contribution < -0.4 is 10.1 Å². The van der Waals surface area contributed by atoms with E-state index in [2.05, 4.69) is 41.0 Å². The Morgan fingerprint density at radius 3 is 2.78 bits per heavy atom. The van der Waals surface area contributed by atoms with E-state index in [0.29, 0.717) is 0 Å². The van der Waals surface area contributed by atoms with Crippen molar-refractivity contribution < 1.29 is 4.74 Å². The summed E-state index contributed by atoms with van der Waals surface area (Å²) in [5.41, 5.74) is 1.18. The van der Waals surface area contributed by atoms with Crippen LogP contribution in [0.1, 0.15) is 32.3 Å². The number of allylic oxidation sites excluding steroid dienone is 1. The molecule has 23 heavy (non-hydrogen) atoms. The molecule has 0 unspecified atom stereocenters. The highest BCUT2D eigenvalue weighted by molar-refractivity contribution is 14.0. The minimum absolute atomic E-state index is 0. The largest absolute Gasteiger partial charge is 0.491 e. The SMILES string of the molecule is C=CCCCN(C)C(=NC)NCc1cccc(OC(C)C)c1.I. The molecule has 1 N–H and O–H groups in total. The Balaban J connectivity index is 0.00000484. The smallest absolute Gasteiger partial charge is 0.193 e. The maximum atomic E-state index is 5.72. The molecule has 0 saturated heterocycles. The predicted molar refractivity (Wildman–Crippen MR) is 110 cm³/mol. The lowest BCUT2D eigenvalue weighted by Crippen LogP contribution is -2.38. The summed E-state index contributed by atoms with van der Waals surface area (Å²) >= 11 is 0. The van der Waals surface area contributed by atoms with Crippen LogP contribution in [-0.4, -0.2) is 37.6 Å². The third kappa shape index (κ3) is 8.83. The van der Waals surface area contributed by atoms with Gasteiger partial charge in [-0.3, -0.25) is 4.99 Å². The number of ether oxygens (including phenoxy) is 1. The minimum Gasteiger partial charge on any atom is -0.491 e. The first-order valence-corrected chi connectivity index (χ1v) is 7.85. The Hall–Kier alpha value is -1.24. The zero-order valence-electron chi connectivity index (χ0n) is 14.7. The molecular weight excluding hydrogens is 401 g/mol. The number of benzene rings is 1. The van der Waals surface area contributed by atoms with E-state index in [1.165, 1.54) is 5.56 Å². The van der Waals surface area contributed by atoms with E-state index in [0.717, 1.165) is 37.6 Å². The fraction of sp³-hybridized carbons (Fsp3) is 0.500. The normalized spacial score (nSPS) is 10.9. The van der Waals surface area contributed by atoms with Crippen LogP contribution in [0, 0.1) is 0 Å². The number of hydrogen-bond acceptors (Lipinski definition) is 2. The Morgan fingerprint density at radius 1 is 1.43 bits per heavy atom. The molecule has 0 fully saturated rings. The highest BCUT2D eigenvalue weighted by atomic mass is 127. The van der Waals surface area contributed by atoms with Crippen LogP contribution in [0.15, 0.2) is 41.9 Å². The fourth-order valence-electron chi connectivity index (χ4n) is 2.15. The lowest BCUT2D eigenvalue weighted by atomic mass is 10.2. The molecule has 0 aliphatic carbocycles. The molecular formula is C18H30IN3O. The summed E-state index contributed by atoms with van der Waals surface area (Å²) in [5, 5.41) is 3.39. The number of aliphatic imine (C=N–C) groups is 1. The van der Waals surface area contributed by atoms with Crippen LogP contribution in [0.25, 0.3) is 0 Å². The summed E-state index contributed by atoms with van der Waals surface area (Å²) in [4.78, 5) is 6.46. The zero-order chi connectivity index (χ0) is 16.4. The van der Waals surface area contributed by atoms with Crippen molar-refractivity contribution >= 4 is 29.9 Å². The first kappa shape index (κ1) is 21.8. The minimum atomic E-state index is 0. The molecule has 0 aliphatic rings. The standard InChI is InChI=1S/C18H29N3O.HI/c1-6-7-8-12-21(5)18(19-4)20-14-16-10-9-11-17(13-16)22-15(2)3;/h6,9-11,13,15H,1,7-8,12,14H2,2-5H3,(H,19,20);1H. The van der Waals surface area contributed by atoms with Gasteiger partial charge >= 0.3 is 0 Å². The van der Waals surface area contributed by atoms with E-state index in [9.17, 15) is 0 Å². The van der Waals surface area contributed by atoms with Crippen molar-refractivity contribution in [2.75, 3.05) is 20.6 Å². The van der Waals surface area contributed by atoms with Gasteiger partial charge in [0.2, 0.25) is 0 Å². The quantitative estimate of drug-likeness (QED) is 0.222. The summed E-state index contributed by atoms with van der Waals surface area (Å²) in [5.74, 6) is 1.81. The van der Waals surface area contributed by atoms with E-state index >= 15 is 0 Å². The first-order valence-electron chi connectivity index (χ1n) is 7.85. The molecule has 0 bridgehead atoms. The second-order valence-corrected chi connectivity index (χ2v) is 5.57. The van der Waals surface area contributed by atoms with Gasteiger partial charge in [0.1, 0.15) is 5.75 Å². The summed E-state index contributed by atoms with van der Waals surface area (Å²) < 4.78 is 5.72. The number of unbranched alkanes of at least 4 members (excludes halogenated alkanes) is 1. The highest BCUT2D eigenvalue weighted by Crippen LogP contribution is 2.14. The molecule has 4 nitrogen and oxygen atoms in total. The molecule has 0 atom stereocenters. The average molecular weight is 431 g/mol. The molecule has 0 saturated carbocycles. The van der Waals surface area contributed by atoms with Crippen molar-refractivity contribution in [3.05, 3.63) is 42.5 Å². The molecule has 1 aromatic carbocycles. The van der Waals surface area contributed by atoms with Gasteiger partial charge < -0.3 is 15.0 Å². The lowest BCUT2D eigenvalue weighted by Gasteiger charge is -2.22. The van der Waals surface area contributed by atoms with Crippen molar-refractivity contribution in [3.63, 3.8) is 0 Å². The van der Waals surface area contributed by atoms with Gasteiger partial charge in [0.25, 0.3) is 0 Å². The van der Waals surface area contributed by atoms with Gasteiger partial charge in [-0.2, -0.15) is 0 Å². The maximum absolute atomic E-state index is 5.72. The summed E-state index contributed by atoms with van der Waals surface area (Å²) in [6, 6.07) is 8.16. The van der Waals surface area contributed by atoms with Crippen molar-refractivity contribution in [2.45, 2.75) is 39.3 Å². The van der Waals surface area contributed by atoms with Gasteiger partial charge in [-0.1, -0.05) is 18.2 Å². The van der Waals surface area contributed by atoms with Crippen LogP contribution in [0.5, 0.6) is 5.75 Å². The highest BCUT2D eigenvalue weighted by Gasteiger charge is 2.05. The zero-order valence-corrected chi connectivity index (χ0v) is 17.0. The van der Waals surface area contributed by atoms with Crippen LogP contribution in [0.2, 0.25) is 0 Å². The van der Waals surface area contributed by atoms with E-state index in [1.54, 1.807) is 0 Å². The van der Waals surface area contributed by atoms with Crippen LogP contribution in [-0.2, 0) is 6.54 Å². The molecule has 1 rings (SSSR count). The Bertz CT molecular complexity index is 489. The molecule has 0 aromatic heterocycles. The average Bonchev–Trinajstić information content (AvgIpc) is 2.48. The Kier molecular flexibility index (Phi) is 11.6. The molecule has 0 heterocycles. The predicted octanol–water partition coefficient (Wildman–Crippen LogP) is 4.07. The van der Waals surface area contributed by atoms with Crippen molar-refractivity contribution in [1.29, 1.82) is 0 Å². The number of guanidine groups is 1. The molecule has 0 spiro atoms. The van der Waals surface area contributed by atoms with Gasteiger partial charge in [0, 0.05) is 27.2 Å². The van der Waals surface area contributed by atoms with Gasteiger partial charge in [0.15, 0.2) is 5.96 Å². The van der Waals surface area contributed by atoms with E-state index in [1.807, 2.05) is 39.1 Å². The first-order chi connectivity index (χ1) is 10.6. The third-order valence-electron chi connectivity index (χ3n) is 3.20. The summed E-state index contributed by atoms with van der Waals surface area (Å²) in [6.45, 7) is 9.51. The molecule has 0 radical (unpaired) electrons. The topological polar surface area (TPSA) is 36.9 Å². The second-order valence-electron chi connectivity index (χ2n) is 5.57. The molecule has 1 aromatic rings. The van der Waals surface area contributed by atoms with E-state index in [-0.39, 0.29) is 30.1 Å². The third-order valence-corrected chi connectivity index (χ3v) is 3.20. The maximum Gasteiger partial charge on any atom is 0.193 e. The number of nitrogens with one attached hydrogen (secondary N) is 1. The molecule has 0 aliphatic heterocycles. The van der Waals surface area contributed by atoms with Crippen LogP contribution in [0.3, 0.4) is 0 Å². The van der Waals surface area contributed by atoms with Gasteiger partial charge in [0.05, 0.1) is 6.10 Å². The lowest BCUT2D eigenvalue weighted by molar-refractivity contribution is 0.242. The molecule has 5 heteroatoms. The number of rotatable bonds is 8. The van der Waals surface area contributed by atoms with Gasteiger partial charge in [-0.15, -0.1) is 30.6 Å². The van der Waals surface area contributed by atoms with Crippen molar-refractivity contribution in [3.8, 4) is 5.75 Å². The number of hydrogen-bond donors (Lipinski definition) is 1. The van der Waals surface area contributed by atoms with Crippen molar-refractivity contribution in [2.24, 2.45) is 4.99 Å².